The van der Waals surface area contributed by atoms with Crippen LogP contribution >= 0.6 is 0 Å². The van der Waals surface area contributed by atoms with Gasteiger partial charge in [0, 0.05) is 6.42 Å². The van der Waals surface area contributed by atoms with Gasteiger partial charge in [0.1, 0.15) is 0 Å². The van der Waals surface area contributed by atoms with E-state index in [0.717, 1.165) is 12.8 Å². The molecule has 0 unspecified atom stereocenters. The third-order valence-corrected chi connectivity index (χ3v) is 1.50. The van der Waals surface area contributed by atoms with Crippen molar-refractivity contribution in [2.24, 2.45) is 11.1 Å². The van der Waals surface area contributed by atoms with Gasteiger partial charge in [-0.05, 0) is 18.4 Å². The monoisotopic (exact) mass is 125 g/mol. The normalized spacial score (nSPS) is 10.9. The van der Waals surface area contributed by atoms with Crippen LogP contribution in [0, 0.1) is 17.8 Å². The fourth-order valence-electron chi connectivity index (χ4n) is 0.513. The van der Waals surface area contributed by atoms with E-state index < -0.39 is 0 Å². The predicted molar refractivity (Wildman–Crippen MR) is 40.9 cm³/mol. The number of nitrogens with two attached hydrogens (primary N) is 1. The Bertz CT molecular complexity index is 108. The van der Waals surface area contributed by atoms with Gasteiger partial charge in [-0.15, -0.1) is 12.3 Å². The molecule has 0 radical (unpaired) electrons. The van der Waals surface area contributed by atoms with E-state index in [-0.39, 0.29) is 5.41 Å². The van der Waals surface area contributed by atoms with Gasteiger partial charge in [-0.2, -0.15) is 0 Å². The van der Waals surface area contributed by atoms with Crippen molar-refractivity contribution in [2.75, 3.05) is 6.54 Å². The lowest BCUT2D eigenvalue weighted by Gasteiger charge is -2.20. The first-order valence-electron chi connectivity index (χ1n) is 3.26. The SMILES string of the molecule is C#CCCC(C)(C)CN. The van der Waals surface area contributed by atoms with Crippen molar-refractivity contribution in [1.29, 1.82) is 0 Å². The van der Waals surface area contributed by atoms with E-state index in [1.165, 1.54) is 0 Å². The standard InChI is InChI=1S/C8H15N/c1-4-5-6-8(2,3)7-9/h1H,5-7,9H2,2-3H3. The third kappa shape index (κ3) is 4.05. The first-order chi connectivity index (χ1) is 4.12. The molecule has 52 valence electrons. The molecule has 0 aliphatic carbocycles. The minimum atomic E-state index is 0.229. The lowest BCUT2D eigenvalue weighted by atomic mass is 9.88. The first kappa shape index (κ1) is 8.52. The molecule has 0 saturated heterocycles. The number of terminal acetylenes is 1. The molecule has 0 aromatic heterocycles. The highest BCUT2D eigenvalue weighted by atomic mass is 14.6. The molecule has 0 aliphatic heterocycles. The van der Waals surface area contributed by atoms with Crippen LogP contribution in [0.5, 0.6) is 0 Å². The molecule has 0 amide bonds. The number of hydrogen-bond acceptors (Lipinski definition) is 1. The Balaban J connectivity index is 3.48. The summed E-state index contributed by atoms with van der Waals surface area (Å²) in [5.74, 6) is 2.60. The zero-order valence-electron chi connectivity index (χ0n) is 6.28. The summed E-state index contributed by atoms with van der Waals surface area (Å²) in [5.41, 5.74) is 5.71. The van der Waals surface area contributed by atoms with Crippen LogP contribution < -0.4 is 5.73 Å². The molecule has 2 N–H and O–H groups in total. The molecule has 1 heteroatoms. The molecule has 0 saturated carbocycles. The number of rotatable bonds is 3. The maximum Gasteiger partial charge on any atom is 0.00916 e. The molecular formula is C8H15N. The lowest BCUT2D eigenvalue weighted by Crippen LogP contribution is -2.22. The zero-order chi connectivity index (χ0) is 7.33. The van der Waals surface area contributed by atoms with Gasteiger partial charge in [-0.1, -0.05) is 13.8 Å². The minimum Gasteiger partial charge on any atom is -0.330 e. The maximum atomic E-state index is 5.48. The Morgan fingerprint density at radius 2 is 2.11 bits per heavy atom. The molecule has 0 spiro atoms. The summed E-state index contributed by atoms with van der Waals surface area (Å²) in [6.07, 6.45) is 6.96. The predicted octanol–water partition coefficient (Wildman–Crippen LogP) is 1.38. The summed E-state index contributed by atoms with van der Waals surface area (Å²) >= 11 is 0. The summed E-state index contributed by atoms with van der Waals surface area (Å²) in [5, 5.41) is 0. The topological polar surface area (TPSA) is 26.0 Å². The highest BCUT2D eigenvalue weighted by Crippen LogP contribution is 2.19. The van der Waals surface area contributed by atoms with Crippen molar-refractivity contribution in [2.45, 2.75) is 26.7 Å². The summed E-state index contributed by atoms with van der Waals surface area (Å²) in [7, 11) is 0. The van der Waals surface area contributed by atoms with Crippen LogP contribution in [0.25, 0.3) is 0 Å². The van der Waals surface area contributed by atoms with Crippen molar-refractivity contribution < 1.29 is 0 Å². The molecular weight excluding hydrogens is 110 g/mol. The van der Waals surface area contributed by atoms with Crippen molar-refractivity contribution in [3.05, 3.63) is 0 Å². The first-order valence-corrected chi connectivity index (χ1v) is 3.26. The van der Waals surface area contributed by atoms with Crippen LogP contribution in [-0.2, 0) is 0 Å². The summed E-state index contributed by atoms with van der Waals surface area (Å²) in [6, 6.07) is 0. The quantitative estimate of drug-likeness (QED) is 0.567. The molecule has 0 aromatic rings. The van der Waals surface area contributed by atoms with Crippen molar-refractivity contribution in [3.8, 4) is 12.3 Å². The van der Waals surface area contributed by atoms with Gasteiger partial charge >= 0.3 is 0 Å². The Kier molecular flexibility index (Phi) is 3.34. The Morgan fingerprint density at radius 3 is 2.44 bits per heavy atom. The minimum absolute atomic E-state index is 0.229. The molecule has 0 rings (SSSR count). The van der Waals surface area contributed by atoms with Crippen LogP contribution in [0.4, 0.5) is 0 Å². The van der Waals surface area contributed by atoms with Crippen molar-refractivity contribution in [1.82, 2.24) is 0 Å². The van der Waals surface area contributed by atoms with Gasteiger partial charge in [0.15, 0.2) is 0 Å². The van der Waals surface area contributed by atoms with Crippen LogP contribution in [-0.4, -0.2) is 6.54 Å². The number of hydrogen-bond donors (Lipinski definition) is 1. The maximum absolute atomic E-state index is 5.48. The van der Waals surface area contributed by atoms with Gasteiger partial charge in [-0.25, -0.2) is 0 Å². The van der Waals surface area contributed by atoms with Crippen LogP contribution in [0.1, 0.15) is 26.7 Å². The van der Waals surface area contributed by atoms with Crippen molar-refractivity contribution >= 4 is 0 Å². The van der Waals surface area contributed by atoms with Crippen LogP contribution in [0.2, 0.25) is 0 Å². The molecule has 1 nitrogen and oxygen atoms in total. The molecule has 9 heavy (non-hydrogen) atoms. The summed E-state index contributed by atoms with van der Waals surface area (Å²) < 4.78 is 0. The molecule has 0 aromatic carbocycles. The Labute approximate surface area is 57.6 Å². The third-order valence-electron chi connectivity index (χ3n) is 1.50. The molecule has 0 bridgehead atoms. The van der Waals surface area contributed by atoms with Gasteiger partial charge in [0.25, 0.3) is 0 Å². The molecule has 0 fully saturated rings. The van der Waals surface area contributed by atoms with E-state index in [0.29, 0.717) is 6.54 Å². The van der Waals surface area contributed by atoms with Crippen LogP contribution in [0.15, 0.2) is 0 Å². The average molecular weight is 125 g/mol. The fraction of sp³-hybridized carbons (Fsp3) is 0.750. The van der Waals surface area contributed by atoms with E-state index in [1.54, 1.807) is 0 Å². The second kappa shape index (κ2) is 3.53. The van der Waals surface area contributed by atoms with E-state index in [2.05, 4.69) is 19.8 Å². The van der Waals surface area contributed by atoms with Crippen LogP contribution in [0.3, 0.4) is 0 Å². The van der Waals surface area contributed by atoms with E-state index in [1.807, 2.05) is 0 Å². The zero-order valence-corrected chi connectivity index (χ0v) is 6.28. The van der Waals surface area contributed by atoms with Crippen molar-refractivity contribution in [3.63, 3.8) is 0 Å². The lowest BCUT2D eigenvalue weighted by molar-refractivity contribution is 0.353. The van der Waals surface area contributed by atoms with Gasteiger partial charge in [0.05, 0.1) is 0 Å². The van der Waals surface area contributed by atoms with E-state index in [4.69, 9.17) is 12.2 Å². The van der Waals surface area contributed by atoms with E-state index in [9.17, 15) is 0 Å². The molecule has 0 aliphatic rings. The second-order valence-corrected chi connectivity index (χ2v) is 3.07. The average Bonchev–Trinajstić information content (AvgIpc) is 1.84. The van der Waals surface area contributed by atoms with Gasteiger partial charge in [-0.3, -0.25) is 0 Å². The Morgan fingerprint density at radius 1 is 1.56 bits per heavy atom. The smallest absolute Gasteiger partial charge is 0.00916 e. The molecule has 0 heterocycles. The van der Waals surface area contributed by atoms with Gasteiger partial charge in [0.2, 0.25) is 0 Å². The second-order valence-electron chi connectivity index (χ2n) is 3.07. The largest absolute Gasteiger partial charge is 0.330 e. The summed E-state index contributed by atoms with van der Waals surface area (Å²) in [4.78, 5) is 0. The fourth-order valence-corrected chi connectivity index (χ4v) is 0.513. The van der Waals surface area contributed by atoms with Gasteiger partial charge < -0.3 is 5.73 Å². The Hall–Kier alpha value is -0.480. The van der Waals surface area contributed by atoms with E-state index >= 15 is 0 Å². The summed E-state index contributed by atoms with van der Waals surface area (Å²) in [6.45, 7) is 4.98. The molecule has 0 atom stereocenters. The highest BCUT2D eigenvalue weighted by Gasteiger charge is 2.13. The highest BCUT2D eigenvalue weighted by molar-refractivity contribution is 4.86.